The monoisotopic (exact) mass is 485 g/mol. The zero-order chi connectivity index (χ0) is 24.1. The Labute approximate surface area is 196 Å². The summed E-state index contributed by atoms with van der Waals surface area (Å²) in [5.41, 5.74) is 9.23. The maximum absolute atomic E-state index is 12.9. The number of nitrogens with zero attached hydrogens (tertiary/aromatic N) is 9. The molecule has 0 aliphatic rings. The van der Waals surface area contributed by atoms with Gasteiger partial charge in [0.05, 0.1) is 26.1 Å². The molecule has 4 rings (SSSR count). The fraction of sp³-hybridized carbons (Fsp3) is 0.222. The maximum Gasteiger partial charge on any atom is 0.293 e. The first-order valence-corrected chi connectivity index (χ1v) is 10.6. The normalized spacial score (nSPS) is 11.1. The van der Waals surface area contributed by atoms with Crippen LogP contribution in [0.25, 0.3) is 5.82 Å². The van der Waals surface area contributed by atoms with Gasteiger partial charge in [0.25, 0.3) is 5.91 Å². The van der Waals surface area contributed by atoms with Gasteiger partial charge in [-0.25, -0.2) is 10.1 Å². The molecule has 34 heavy (non-hydrogen) atoms. The average molecular weight is 485 g/mol. The fourth-order valence-corrected chi connectivity index (χ4v) is 3.69. The van der Waals surface area contributed by atoms with Gasteiger partial charge in [-0.15, -0.1) is 15.3 Å². The van der Waals surface area contributed by atoms with E-state index >= 15 is 0 Å². The molecule has 0 fully saturated rings. The lowest BCUT2D eigenvalue weighted by Gasteiger charge is -2.07. The first kappa shape index (κ1) is 22.7. The molecule has 3 aromatic heterocycles. The summed E-state index contributed by atoms with van der Waals surface area (Å²) in [5, 5.41) is 27.8. The topological polar surface area (TPSA) is 186 Å². The van der Waals surface area contributed by atoms with Crippen molar-refractivity contribution in [2.75, 3.05) is 20.0 Å². The molecule has 0 aliphatic heterocycles. The van der Waals surface area contributed by atoms with E-state index < -0.39 is 5.91 Å². The minimum absolute atomic E-state index is 0.00632. The Morgan fingerprint density at radius 1 is 1.29 bits per heavy atom. The van der Waals surface area contributed by atoms with Crippen molar-refractivity contribution in [2.24, 2.45) is 12.1 Å². The quantitative estimate of drug-likeness (QED) is 0.189. The molecule has 16 heteroatoms. The number of nitrogens with one attached hydrogen (secondary N) is 1. The fourth-order valence-electron chi connectivity index (χ4n) is 2.81. The molecule has 0 aliphatic carbocycles. The zero-order valence-corrected chi connectivity index (χ0v) is 19.1. The van der Waals surface area contributed by atoms with Crippen LogP contribution in [0.4, 0.5) is 5.82 Å². The highest BCUT2D eigenvalue weighted by Crippen LogP contribution is 2.25. The smallest absolute Gasteiger partial charge is 0.293 e. The lowest BCUT2D eigenvalue weighted by molar-refractivity contribution is 0.0949. The summed E-state index contributed by atoms with van der Waals surface area (Å²) in [6, 6.07) is 5.19. The summed E-state index contributed by atoms with van der Waals surface area (Å²) in [6.45, 7) is 0. The van der Waals surface area contributed by atoms with Crippen LogP contribution in [0.3, 0.4) is 0 Å². The minimum Gasteiger partial charge on any atom is -0.497 e. The largest absolute Gasteiger partial charge is 0.497 e. The van der Waals surface area contributed by atoms with E-state index in [0.717, 1.165) is 0 Å². The number of benzene rings is 1. The average Bonchev–Trinajstić information content (AvgIpc) is 3.56. The molecule has 3 N–H and O–H groups in total. The lowest BCUT2D eigenvalue weighted by Crippen LogP contribution is -2.20. The summed E-state index contributed by atoms with van der Waals surface area (Å²) in [6.07, 6.45) is 2.99. The Bertz CT molecular complexity index is 1330. The Morgan fingerprint density at radius 3 is 2.82 bits per heavy atom. The van der Waals surface area contributed by atoms with Crippen LogP contribution in [0.1, 0.15) is 21.7 Å². The predicted molar refractivity (Wildman–Crippen MR) is 119 cm³/mol. The van der Waals surface area contributed by atoms with E-state index in [9.17, 15) is 4.79 Å². The highest BCUT2D eigenvalue weighted by molar-refractivity contribution is 7.98. The van der Waals surface area contributed by atoms with Crippen LogP contribution in [0, 0.1) is 0 Å². The molecule has 0 spiro atoms. The molecule has 0 unspecified atom stereocenters. The molecule has 0 saturated heterocycles. The summed E-state index contributed by atoms with van der Waals surface area (Å²) in [7, 11) is 4.87. The number of hydrogen-bond donors (Lipinski definition) is 2. The number of nitrogens with two attached hydrogens (primary N) is 1. The number of carbonyl (C=O) groups excluding carboxylic acids is 1. The SMILES string of the molecule is COc1ccc(OC)c(/C=N/NC(=O)c2nnn(-c3nonc3N)c2CSc2nncn2C)c1. The van der Waals surface area contributed by atoms with Crippen LogP contribution in [-0.2, 0) is 12.8 Å². The van der Waals surface area contributed by atoms with E-state index in [1.807, 2.05) is 0 Å². The number of amides is 1. The van der Waals surface area contributed by atoms with Crippen LogP contribution >= 0.6 is 11.8 Å². The zero-order valence-electron chi connectivity index (χ0n) is 18.2. The summed E-state index contributed by atoms with van der Waals surface area (Å²) in [4.78, 5) is 12.9. The number of methoxy groups -OCH3 is 2. The number of hydrogen-bond acceptors (Lipinski definition) is 13. The van der Waals surface area contributed by atoms with Crippen molar-refractivity contribution < 1.29 is 18.9 Å². The standard InChI is InChI=1S/C18H19N11O4S/c1-28-9-21-24-18(28)34-8-12-14(22-27-29(12)16-15(19)25-33-26-16)17(30)23-20-7-10-6-11(31-2)4-5-13(10)32-3/h4-7,9H,8H2,1-3H3,(H2,19,25)(H,23,30)/b20-7+. The number of rotatable bonds is 9. The molecule has 4 aromatic rings. The maximum atomic E-state index is 12.9. The van der Waals surface area contributed by atoms with Crippen molar-refractivity contribution in [2.45, 2.75) is 10.9 Å². The van der Waals surface area contributed by atoms with Crippen LogP contribution in [0.2, 0.25) is 0 Å². The summed E-state index contributed by atoms with van der Waals surface area (Å²) >= 11 is 1.31. The molecule has 0 bridgehead atoms. The third-order valence-electron chi connectivity index (χ3n) is 4.49. The van der Waals surface area contributed by atoms with E-state index in [1.165, 1.54) is 29.8 Å². The van der Waals surface area contributed by atoms with Crippen molar-refractivity contribution in [1.29, 1.82) is 0 Å². The van der Waals surface area contributed by atoms with Crippen LogP contribution in [0.5, 0.6) is 11.5 Å². The molecule has 0 atom stereocenters. The van der Waals surface area contributed by atoms with Gasteiger partial charge >= 0.3 is 0 Å². The van der Waals surface area contributed by atoms with E-state index in [4.69, 9.17) is 15.2 Å². The molecule has 0 radical (unpaired) electrons. The van der Waals surface area contributed by atoms with Crippen LogP contribution < -0.4 is 20.6 Å². The lowest BCUT2D eigenvalue weighted by atomic mass is 10.2. The van der Waals surface area contributed by atoms with Gasteiger partial charge in [0, 0.05) is 18.4 Å². The van der Waals surface area contributed by atoms with Crippen molar-refractivity contribution in [3.05, 3.63) is 41.5 Å². The summed E-state index contributed by atoms with van der Waals surface area (Å²) in [5.74, 6) is 0.891. The number of thioether (sulfide) groups is 1. The molecule has 0 saturated carbocycles. The Hall–Kier alpha value is -4.47. The highest BCUT2D eigenvalue weighted by Gasteiger charge is 2.24. The van der Waals surface area contributed by atoms with E-state index in [0.29, 0.717) is 27.9 Å². The molecule has 3 heterocycles. The van der Waals surface area contributed by atoms with Crippen LogP contribution in [-0.4, -0.2) is 66.4 Å². The molecule has 176 valence electrons. The number of ether oxygens (including phenoxy) is 2. The second-order valence-corrected chi connectivity index (χ2v) is 7.53. The van der Waals surface area contributed by atoms with Crippen molar-refractivity contribution in [1.82, 2.24) is 45.5 Å². The predicted octanol–water partition coefficient (Wildman–Crippen LogP) is 0.434. The first-order chi connectivity index (χ1) is 16.5. The Balaban J connectivity index is 1.59. The van der Waals surface area contributed by atoms with E-state index in [-0.39, 0.29) is 23.1 Å². The van der Waals surface area contributed by atoms with Gasteiger partial charge in [-0.05, 0) is 28.5 Å². The third-order valence-corrected chi connectivity index (χ3v) is 5.53. The van der Waals surface area contributed by atoms with Gasteiger partial charge in [0.15, 0.2) is 10.9 Å². The Kier molecular flexibility index (Phi) is 6.67. The van der Waals surface area contributed by atoms with Crippen molar-refractivity contribution >= 4 is 29.7 Å². The van der Waals surface area contributed by atoms with Crippen molar-refractivity contribution in [3.8, 4) is 17.3 Å². The van der Waals surface area contributed by atoms with Gasteiger partial charge in [0.1, 0.15) is 17.8 Å². The van der Waals surface area contributed by atoms with Crippen molar-refractivity contribution in [3.63, 3.8) is 0 Å². The molecular formula is C18H19N11O4S. The number of hydrazone groups is 1. The van der Waals surface area contributed by atoms with E-state index in [1.54, 1.807) is 43.3 Å². The molecular weight excluding hydrogens is 466 g/mol. The number of nitrogen functional groups attached to an aromatic ring is 1. The van der Waals surface area contributed by atoms with Gasteiger partial charge in [-0.3, -0.25) is 4.79 Å². The van der Waals surface area contributed by atoms with Gasteiger partial charge < -0.3 is 19.8 Å². The van der Waals surface area contributed by atoms with Gasteiger partial charge in [-0.2, -0.15) is 9.78 Å². The van der Waals surface area contributed by atoms with Gasteiger partial charge in [-0.1, -0.05) is 17.0 Å². The molecule has 15 nitrogen and oxygen atoms in total. The van der Waals surface area contributed by atoms with Crippen LogP contribution in [0.15, 0.2) is 39.4 Å². The number of aromatic nitrogens is 8. The molecule has 1 aromatic carbocycles. The highest BCUT2D eigenvalue weighted by atomic mass is 32.2. The van der Waals surface area contributed by atoms with Gasteiger partial charge in [0.2, 0.25) is 11.6 Å². The second-order valence-electron chi connectivity index (χ2n) is 6.59. The molecule has 1 amide bonds. The van der Waals surface area contributed by atoms with E-state index in [2.05, 4.69) is 46.0 Å². The number of aryl methyl sites for hydroxylation is 1. The number of anilines is 1. The third kappa shape index (κ3) is 4.65. The minimum atomic E-state index is -0.604. The number of carbonyl (C=O) groups is 1. The Morgan fingerprint density at radius 2 is 2.15 bits per heavy atom. The first-order valence-electron chi connectivity index (χ1n) is 9.57. The summed E-state index contributed by atoms with van der Waals surface area (Å²) < 4.78 is 18.2. The second kappa shape index (κ2) is 9.99.